The van der Waals surface area contributed by atoms with Gasteiger partial charge in [-0.05, 0) is 105 Å². The Kier molecular flexibility index (Phi) is 15.1. The molecule has 4 aliphatic heterocycles. The number of aromatic nitrogens is 2. The highest BCUT2D eigenvalue weighted by Gasteiger charge is 2.42. The number of nitrogens with zero attached hydrogens (tertiary/aromatic N) is 7. The van der Waals surface area contributed by atoms with Crippen LogP contribution in [0.2, 0.25) is 0 Å². The lowest BCUT2D eigenvalue weighted by molar-refractivity contribution is -0.835. The van der Waals surface area contributed by atoms with Crippen LogP contribution in [0.1, 0.15) is 90.2 Å². The lowest BCUT2D eigenvalue weighted by Gasteiger charge is -2.35. The molecule has 2 N–H and O–H groups in total. The molecule has 16 nitrogen and oxygen atoms in total. The van der Waals surface area contributed by atoms with Crippen molar-refractivity contribution in [3.8, 4) is 34.2 Å². The van der Waals surface area contributed by atoms with E-state index in [1.54, 1.807) is 25.3 Å². The number of rotatable bonds is 9. The summed E-state index contributed by atoms with van der Waals surface area (Å²) in [7, 11) is 5.29. The molecule has 3 fully saturated rings. The van der Waals surface area contributed by atoms with E-state index in [1.165, 1.54) is 9.91 Å². The number of ether oxygens (including phenoxy) is 1. The predicted octanol–water partition coefficient (Wildman–Crippen LogP) is 5.91. The number of pyridine rings is 1. The van der Waals surface area contributed by atoms with Gasteiger partial charge in [0.15, 0.2) is 6.61 Å². The molecule has 6 bridgehead atoms. The summed E-state index contributed by atoms with van der Waals surface area (Å²) in [5.41, 5.74) is 10.4. The second-order valence-electron chi connectivity index (χ2n) is 20.7. The van der Waals surface area contributed by atoms with E-state index in [1.807, 2.05) is 46.0 Å². The van der Waals surface area contributed by atoms with Gasteiger partial charge >= 0.3 is 6.17 Å². The maximum absolute atomic E-state index is 14.8. The average molecular weight is 957 g/mol. The third-order valence-electron chi connectivity index (χ3n) is 14.7. The van der Waals surface area contributed by atoms with Gasteiger partial charge in [0.2, 0.25) is 16.7 Å². The van der Waals surface area contributed by atoms with Crippen molar-refractivity contribution in [2.75, 3.05) is 54.0 Å². The molecule has 0 saturated carbocycles. The van der Waals surface area contributed by atoms with Crippen LogP contribution in [0, 0.1) is 34.0 Å². The number of fused-ring (bicyclic) bond motifs is 6. The molecule has 70 heavy (non-hydrogen) atoms. The van der Waals surface area contributed by atoms with Gasteiger partial charge in [-0.2, -0.15) is 5.43 Å². The van der Waals surface area contributed by atoms with Crippen molar-refractivity contribution < 1.29 is 33.7 Å². The van der Waals surface area contributed by atoms with E-state index in [2.05, 4.69) is 89.2 Å². The number of amides is 4. The van der Waals surface area contributed by atoms with Gasteiger partial charge in [0.1, 0.15) is 12.1 Å². The van der Waals surface area contributed by atoms with Gasteiger partial charge in [-0.1, -0.05) is 63.9 Å². The quantitative estimate of drug-likeness (QED) is 0.193. The molecule has 6 heterocycles. The van der Waals surface area contributed by atoms with Crippen molar-refractivity contribution in [1.29, 1.82) is 0 Å². The molecule has 4 aromatic rings. The van der Waals surface area contributed by atoms with Gasteiger partial charge in [0.05, 0.1) is 34.4 Å². The highest BCUT2D eigenvalue weighted by molar-refractivity contribution is 5.97. The summed E-state index contributed by atoms with van der Waals surface area (Å²) >= 11 is 0. The van der Waals surface area contributed by atoms with Gasteiger partial charge in [-0.3, -0.25) is 34.1 Å². The summed E-state index contributed by atoms with van der Waals surface area (Å²) in [5, 5.41) is 5.57. The van der Waals surface area contributed by atoms with Crippen LogP contribution in [0.5, 0.6) is 0 Å². The maximum atomic E-state index is 14.8. The molecule has 2 aromatic carbocycles. The molecule has 2 aromatic heterocycles. The number of hydrogen-bond donors (Lipinski definition) is 2. The van der Waals surface area contributed by atoms with E-state index in [9.17, 15) is 24.1 Å². The number of benzene rings is 2. The summed E-state index contributed by atoms with van der Waals surface area (Å²) < 4.78 is 8.16. The first-order chi connectivity index (χ1) is 33.5. The van der Waals surface area contributed by atoms with Crippen molar-refractivity contribution >= 4 is 34.5 Å². The third kappa shape index (κ3) is 10.5. The molecule has 0 radical (unpaired) electrons. The molecule has 0 aliphatic carbocycles. The topological polar surface area (TPSA) is 162 Å². The van der Waals surface area contributed by atoms with Crippen molar-refractivity contribution in [1.82, 2.24) is 40.0 Å². The SMILES string of the molecule is CCn1c(-c2cccnc2[C@H](C)OC)c2c3cc(ccc31)-c1cccc(c1)CC(NC(=O)[C@H](C(C)C)N(C)C(=O)[C@H]1CCN(C(=O)C#C[C@@H]3CCN3C)C1)C(=O)N1CCC[C@H](N1)[N+](=O)OCC(C)(C)C2. The van der Waals surface area contributed by atoms with E-state index < -0.39 is 41.4 Å². The summed E-state index contributed by atoms with van der Waals surface area (Å²) in [6, 6.07) is 16.7. The summed E-state index contributed by atoms with van der Waals surface area (Å²) in [6.07, 6.45) is 3.73. The van der Waals surface area contributed by atoms with E-state index in [0.29, 0.717) is 50.2 Å². The Morgan fingerprint density at radius 3 is 2.54 bits per heavy atom. The van der Waals surface area contributed by atoms with Crippen LogP contribution < -0.4 is 10.7 Å². The van der Waals surface area contributed by atoms with Crippen LogP contribution in [0.25, 0.3) is 33.3 Å². The number of likely N-dealkylation sites (tertiary alicyclic amines) is 2. The normalized spacial score (nSPS) is 22.6. The summed E-state index contributed by atoms with van der Waals surface area (Å²) in [6.45, 7) is 14.8. The van der Waals surface area contributed by atoms with Gasteiger partial charge in [-0.15, -0.1) is 0 Å². The highest BCUT2D eigenvalue weighted by atomic mass is 16.8. The first-order valence-electron chi connectivity index (χ1n) is 25.0. The zero-order valence-corrected chi connectivity index (χ0v) is 42.3. The Morgan fingerprint density at radius 1 is 1.04 bits per heavy atom. The fourth-order valence-corrected chi connectivity index (χ4v) is 10.6. The summed E-state index contributed by atoms with van der Waals surface area (Å²) in [5.74, 6) is 3.59. The lowest BCUT2D eigenvalue weighted by Crippen LogP contribution is -2.62. The van der Waals surface area contributed by atoms with Crippen LogP contribution in [0.15, 0.2) is 60.8 Å². The van der Waals surface area contributed by atoms with E-state index in [-0.39, 0.29) is 49.5 Å². The zero-order chi connectivity index (χ0) is 50.0. The average Bonchev–Trinajstić information content (AvgIpc) is 3.97. The van der Waals surface area contributed by atoms with Gasteiger partial charge < -0.3 is 24.4 Å². The monoisotopic (exact) mass is 957 g/mol. The first kappa shape index (κ1) is 50.2. The van der Waals surface area contributed by atoms with Crippen LogP contribution >= 0.6 is 0 Å². The molecule has 4 aliphatic rings. The maximum Gasteiger partial charge on any atom is 0.326 e. The standard InChI is InChI=1S/C54H69N9O7/c1-10-61-45-20-18-38-30-42(45)43(50(61)41-16-12-24-55-48(41)35(4)69-9)31-54(5,6)33-70-63(68)46-17-13-25-62(57-46)53(67)44(29-36-14-11-15-37(38)28-36)56-51(65)49(34(2)3)59(8)52(66)39-22-27-60(32-39)47(64)21-19-40-23-26-58(40)7/h11-12,14-16,18,20,24,28,30,34-35,39-40,44,46,49,57H,10,13,17,22-23,25-27,29,31-33H2,1-9H3/p+1/t35-,39-,40+,44?,46+,49-/m0/s1. The number of carbonyl (C=O) groups excluding carboxylic acids is 4. The minimum Gasteiger partial charge on any atom is -0.375 e. The van der Waals surface area contributed by atoms with E-state index in [4.69, 9.17) is 14.6 Å². The van der Waals surface area contributed by atoms with Crippen molar-refractivity contribution in [3.05, 3.63) is 82.5 Å². The number of nitrogens with one attached hydrogen (secondary N) is 2. The van der Waals surface area contributed by atoms with Crippen LogP contribution in [0.3, 0.4) is 0 Å². The second kappa shape index (κ2) is 21.1. The Hall–Kier alpha value is -6.15. The Labute approximate surface area is 411 Å². The molecule has 0 spiro atoms. The molecule has 6 atom stereocenters. The molecule has 1 unspecified atom stereocenters. The lowest BCUT2D eigenvalue weighted by atomic mass is 9.84. The fourth-order valence-electron chi connectivity index (χ4n) is 10.6. The number of methoxy groups -OCH3 is 1. The van der Waals surface area contributed by atoms with Gasteiger partial charge in [0.25, 0.3) is 11.8 Å². The zero-order valence-electron chi connectivity index (χ0n) is 42.3. The van der Waals surface area contributed by atoms with Crippen molar-refractivity contribution in [2.45, 2.75) is 117 Å². The minimum absolute atomic E-state index is 0.0740. The Bertz CT molecular complexity index is 2700. The molecule has 4 amide bonds. The van der Waals surface area contributed by atoms with E-state index in [0.717, 1.165) is 63.1 Å². The number of hydrogen-bond acceptors (Lipinski definition) is 10. The van der Waals surface area contributed by atoms with Crippen LogP contribution in [-0.2, 0) is 48.1 Å². The van der Waals surface area contributed by atoms with Crippen molar-refractivity contribution in [3.63, 3.8) is 0 Å². The molecule has 372 valence electrons. The predicted molar refractivity (Wildman–Crippen MR) is 267 cm³/mol. The Balaban J connectivity index is 1.12. The van der Waals surface area contributed by atoms with Crippen LogP contribution in [-0.4, -0.2) is 136 Å². The minimum atomic E-state index is -1.07. The molecule has 16 heteroatoms. The smallest absolute Gasteiger partial charge is 0.326 e. The first-order valence-corrected chi connectivity index (χ1v) is 25.0. The third-order valence-corrected chi connectivity index (χ3v) is 14.7. The number of aryl methyl sites for hydroxylation is 1. The molecular formula is C54H70N9O7+. The van der Waals surface area contributed by atoms with Gasteiger partial charge in [0, 0.05) is 87.8 Å². The number of likely N-dealkylation sites (N-methyl/N-ethyl adjacent to an activating group) is 1. The fraction of sp³-hybridized carbons (Fsp3) is 0.537. The molecule has 8 rings (SSSR count). The van der Waals surface area contributed by atoms with Gasteiger partial charge in [-0.25, -0.2) is 4.84 Å². The number of carbonyl (C=O) groups is 4. The molecular weight excluding hydrogens is 887 g/mol. The van der Waals surface area contributed by atoms with E-state index >= 15 is 0 Å². The second-order valence-corrected chi connectivity index (χ2v) is 20.7. The largest absolute Gasteiger partial charge is 0.375 e. The Morgan fingerprint density at radius 2 is 1.83 bits per heavy atom. The highest BCUT2D eigenvalue weighted by Crippen LogP contribution is 2.42. The van der Waals surface area contributed by atoms with Crippen molar-refractivity contribution in [2.24, 2.45) is 17.3 Å². The van der Waals surface area contributed by atoms with Crippen LogP contribution in [0.4, 0.5) is 0 Å². The molecule has 3 saturated heterocycles. The number of hydrazine groups is 1. The summed E-state index contributed by atoms with van der Waals surface area (Å²) in [4.78, 5) is 87.1.